The van der Waals surface area contributed by atoms with Crippen LogP contribution >= 0.6 is 0 Å². The van der Waals surface area contributed by atoms with Gasteiger partial charge < -0.3 is 19.4 Å². The number of aromatic nitrogens is 3. The zero-order chi connectivity index (χ0) is 25.5. The Balaban J connectivity index is 1.31. The monoisotopic (exact) mass is 491 g/mol. The van der Waals surface area contributed by atoms with E-state index in [1.54, 1.807) is 25.3 Å². The number of hydrogen-bond acceptors (Lipinski definition) is 7. The number of hydrogen-bond donors (Lipinski definition) is 1. The average molecular weight is 492 g/mol. The second-order valence-electron chi connectivity index (χ2n) is 9.12. The third-order valence-electron chi connectivity index (χ3n) is 6.11. The Morgan fingerprint density at radius 3 is 2.44 bits per heavy atom. The van der Waals surface area contributed by atoms with E-state index < -0.39 is 0 Å². The maximum atomic E-state index is 12.7. The molecule has 1 aliphatic rings. The highest BCUT2D eigenvalue weighted by Crippen LogP contribution is 2.31. The fourth-order valence-electron chi connectivity index (χ4n) is 4.20. The van der Waals surface area contributed by atoms with Gasteiger partial charge in [-0.25, -0.2) is 0 Å². The highest BCUT2D eigenvalue weighted by atomic mass is 16.5. The van der Waals surface area contributed by atoms with E-state index >= 15 is 0 Å². The average Bonchev–Trinajstić information content (AvgIpc) is 2.88. The number of carbonyl (C=O) groups is 1. The summed E-state index contributed by atoms with van der Waals surface area (Å²) >= 11 is 0. The van der Waals surface area contributed by atoms with Crippen molar-refractivity contribution in [2.24, 2.45) is 0 Å². The predicted octanol–water partition coefficient (Wildman–Crippen LogP) is 2.90. The fraction of sp³-hybridized carbons (Fsp3) is 0.407. The number of H-pyrrole nitrogens is 1. The number of aryl methyl sites for hydroxylation is 1. The molecule has 1 aliphatic heterocycles. The van der Waals surface area contributed by atoms with Crippen LogP contribution in [0.4, 0.5) is 0 Å². The number of carbonyl (C=O) groups excluding carboxylic acids is 1. The third-order valence-corrected chi connectivity index (χ3v) is 6.11. The number of benzene rings is 2. The minimum atomic E-state index is -0.345. The lowest BCUT2D eigenvalue weighted by atomic mass is 10.1. The quantitative estimate of drug-likeness (QED) is 0.491. The van der Waals surface area contributed by atoms with Crippen molar-refractivity contribution in [1.29, 1.82) is 0 Å². The Morgan fingerprint density at radius 2 is 1.78 bits per heavy atom. The molecule has 1 amide bonds. The highest BCUT2D eigenvalue weighted by molar-refractivity contribution is 5.76. The maximum absolute atomic E-state index is 12.7. The second kappa shape index (κ2) is 11.8. The zero-order valence-corrected chi connectivity index (χ0v) is 21.1. The molecular weight excluding hydrogens is 458 g/mol. The molecule has 1 aromatic heterocycles. The van der Waals surface area contributed by atoms with Crippen LogP contribution in [0.5, 0.6) is 11.5 Å². The first-order chi connectivity index (χ1) is 17.4. The number of nitrogens with one attached hydrogen (secondary N) is 1. The summed E-state index contributed by atoms with van der Waals surface area (Å²) in [5.74, 6) is 1.52. The number of rotatable bonds is 9. The molecule has 9 nitrogen and oxygen atoms in total. The SMILES string of the molecule is COc1cc(-c2nnc(CCC(=O)N3CCN(Cc4ccccc4)CC3)c(=O)[nH]2)ccc1OC(C)C. The van der Waals surface area contributed by atoms with Crippen molar-refractivity contribution in [1.82, 2.24) is 25.0 Å². The van der Waals surface area contributed by atoms with Crippen molar-refractivity contribution in [3.8, 4) is 22.9 Å². The standard InChI is InChI=1S/C27H33N5O4/c1-19(2)36-23-11-9-21(17-24(23)35-3)26-28-27(34)22(29-30-26)10-12-25(33)32-15-13-31(14-16-32)18-20-7-5-4-6-8-20/h4-9,11,17,19H,10,12-16,18H2,1-3H3,(H,28,30,34). The Bertz CT molecular complexity index is 1220. The number of amides is 1. The summed E-state index contributed by atoms with van der Waals surface area (Å²) in [5.41, 5.74) is 1.84. The van der Waals surface area contributed by atoms with Crippen molar-refractivity contribution < 1.29 is 14.3 Å². The van der Waals surface area contributed by atoms with Gasteiger partial charge in [-0.05, 0) is 37.6 Å². The molecule has 3 aromatic rings. The highest BCUT2D eigenvalue weighted by Gasteiger charge is 2.21. The van der Waals surface area contributed by atoms with Crippen LogP contribution in [-0.4, -0.2) is 70.3 Å². The molecule has 36 heavy (non-hydrogen) atoms. The van der Waals surface area contributed by atoms with Crippen LogP contribution in [0.3, 0.4) is 0 Å². The molecule has 0 unspecified atom stereocenters. The molecule has 2 aromatic carbocycles. The molecule has 0 radical (unpaired) electrons. The van der Waals surface area contributed by atoms with E-state index in [4.69, 9.17) is 9.47 Å². The summed E-state index contributed by atoms with van der Waals surface area (Å²) in [6.45, 7) is 7.80. The molecule has 0 bridgehead atoms. The van der Waals surface area contributed by atoms with E-state index in [-0.39, 0.29) is 36.1 Å². The molecule has 1 N–H and O–H groups in total. The van der Waals surface area contributed by atoms with Gasteiger partial charge in [0, 0.05) is 51.1 Å². The molecule has 2 heterocycles. The summed E-state index contributed by atoms with van der Waals surface area (Å²) in [5, 5.41) is 8.29. The number of ether oxygens (including phenoxy) is 2. The van der Waals surface area contributed by atoms with Crippen LogP contribution in [-0.2, 0) is 17.8 Å². The molecule has 4 rings (SSSR count). The number of piperazine rings is 1. The van der Waals surface area contributed by atoms with Gasteiger partial charge in [0.2, 0.25) is 5.91 Å². The molecule has 0 atom stereocenters. The van der Waals surface area contributed by atoms with Crippen molar-refractivity contribution in [3.05, 3.63) is 70.1 Å². The van der Waals surface area contributed by atoms with Gasteiger partial charge in [-0.2, -0.15) is 0 Å². The van der Waals surface area contributed by atoms with Crippen LogP contribution in [0.2, 0.25) is 0 Å². The Hall–Kier alpha value is -3.72. The predicted molar refractivity (Wildman–Crippen MR) is 137 cm³/mol. The van der Waals surface area contributed by atoms with Crippen LogP contribution in [0.1, 0.15) is 31.5 Å². The van der Waals surface area contributed by atoms with Crippen molar-refractivity contribution in [2.75, 3.05) is 33.3 Å². The topological polar surface area (TPSA) is 101 Å². The van der Waals surface area contributed by atoms with E-state index in [1.807, 2.05) is 36.9 Å². The molecule has 0 saturated carbocycles. The Kier molecular flexibility index (Phi) is 8.32. The largest absolute Gasteiger partial charge is 0.493 e. The Labute approximate surface area is 211 Å². The zero-order valence-electron chi connectivity index (χ0n) is 21.1. The summed E-state index contributed by atoms with van der Waals surface area (Å²) < 4.78 is 11.1. The normalized spacial score (nSPS) is 14.2. The van der Waals surface area contributed by atoms with E-state index in [1.165, 1.54) is 5.56 Å². The summed E-state index contributed by atoms with van der Waals surface area (Å²) in [4.78, 5) is 32.4. The first kappa shape index (κ1) is 25.4. The summed E-state index contributed by atoms with van der Waals surface area (Å²) in [6, 6.07) is 15.7. The molecule has 1 fully saturated rings. The molecular formula is C27H33N5O4. The van der Waals surface area contributed by atoms with Gasteiger partial charge in [-0.1, -0.05) is 30.3 Å². The molecule has 0 spiro atoms. The minimum Gasteiger partial charge on any atom is -0.493 e. The maximum Gasteiger partial charge on any atom is 0.273 e. The van der Waals surface area contributed by atoms with Crippen LogP contribution in [0.15, 0.2) is 53.3 Å². The second-order valence-corrected chi connectivity index (χ2v) is 9.12. The van der Waals surface area contributed by atoms with E-state index in [0.717, 1.165) is 19.6 Å². The van der Waals surface area contributed by atoms with Gasteiger partial charge in [-0.3, -0.25) is 14.5 Å². The lowest BCUT2D eigenvalue weighted by Crippen LogP contribution is -2.48. The van der Waals surface area contributed by atoms with Crippen LogP contribution < -0.4 is 15.0 Å². The molecule has 190 valence electrons. The van der Waals surface area contributed by atoms with Crippen LogP contribution in [0, 0.1) is 0 Å². The lowest BCUT2D eigenvalue weighted by Gasteiger charge is -2.34. The minimum absolute atomic E-state index is 0.00417. The number of nitrogens with zero attached hydrogens (tertiary/aromatic N) is 4. The molecule has 0 aliphatic carbocycles. The first-order valence-electron chi connectivity index (χ1n) is 12.3. The first-order valence-corrected chi connectivity index (χ1v) is 12.3. The van der Waals surface area contributed by atoms with Crippen LogP contribution in [0.25, 0.3) is 11.4 Å². The van der Waals surface area contributed by atoms with E-state index in [2.05, 4.69) is 32.2 Å². The Morgan fingerprint density at radius 1 is 1.03 bits per heavy atom. The lowest BCUT2D eigenvalue weighted by molar-refractivity contribution is -0.133. The number of aromatic amines is 1. The smallest absolute Gasteiger partial charge is 0.273 e. The van der Waals surface area contributed by atoms with E-state index in [9.17, 15) is 9.59 Å². The van der Waals surface area contributed by atoms with Crippen molar-refractivity contribution in [2.45, 2.75) is 39.3 Å². The van der Waals surface area contributed by atoms with Gasteiger partial charge >= 0.3 is 0 Å². The fourth-order valence-corrected chi connectivity index (χ4v) is 4.20. The van der Waals surface area contributed by atoms with Gasteiger partial charge in [-0.15, -0.1) is 10.2 Å². The number of methoxy groups -OCH3 is 1. The summed E-state index contributed by atoms with van der Waals surface area (Å²) in [7, 11) is 1.56. The van der Waals surface area contributed by atoms with Crippen molar-refractivity contribution in [3.63, 3.8) is 0 Å². The summed E-state index contributed by atoms with van der Waals surface area (Å²) in [6.07, 6.45) is 0.477. The van der Waals surface area contributed by atoms with Crippen molar-refractivity contribution >= 4 is 5.91 Å². The van der Waals surface area contributed by atoms with Gasteiger partial charge in [0.05, 0.1) is 13.2 Å². The third kappa shape index (κ3) is 6.48. The van der Waals surface area contributed by atoms with Gasteiger partial charge in [0.25, 0.3) is 5.56 Å². The van der Waals surface area contributed by atoms with Gasteiger partial charge in [0.1, 0.15) is 5.69 Å². The molecule has 9 heteroatoms. The molecule has 1 saturated heterocycles. The van der Waals surface area contributed by atoms with Gasteiger partial charge in [0.15, 0.2) is 17.3 Å². The van der Waals surface area contributed by atoms with E-state index in [0.29, 0.717) is 36.0 Å².